The van der Waals surface area contributed by atoms with Crippen LogP contribution in [0.1, 0.15) is 21.6 Å². The molecule has 1 aromatic heterocycles. The summed E-state index contributed by atoms with van der Waals surface area (Å²) in [6, 6.07) is 30.0. The molecule has 0 atom stereocenters. The summed E-state index contributed by atoms with van der Waals surface area (Å²) in [5.74, 6) is -0.245. The monoisotopic (exact) mass is 422 g/mol. The Morgan fingerprint density at radius 3 is 2.22 bits per heavy atom. The first kappa shape index (κ1) is 21.1. The SMILES string of the molecule is Cc1ccc(-c2ccccc2)n1-c1ccc(C(=O)N/N=C/c2ccc(N(C)C)cc2)cc1. The maximum Gasteiger partial charge on any atom is 0.271 e. The second-order valence-electron chi connectivity index (χ2n) is 7.79. The highest BCUT2D eigenvalue weighted by Crippen LogP contribution is 2.26. The Bertz CT molecular complexity index is 1220. The minimum Gasteiger partial charge on any atom is -0.378 e. The van der Waals surface area contributed by atoms with Gasteiger partial charge < -0.3 is 9.47 Å². The van der Waals surface area contributed by atoms with Crippen molar-refractivity contribution in [1.82, 2.24) is 9.99 Å². The highest BCUT2D eigenvalue weighted by atomic mass is 16.2. The lowest BCUT2D eigenvalue weighted by molar-refractivity contribution is 0.0955. The molecule has 0 aliphatic rings. The molecule has 0 saturated heterocycles. The zero-order valence-corrected chi connectivity index (χ0v) is 18.5. The van der Waals surface area contributed by atoms with Gasteiger partial charge in [-0.15, -0.1) is 0 Å². The fourth-order valence-corrected chi connectivity index (χ4v) is 3.57. The van der Waals surface area contributed by atoms with Crippen molar-refractivity contribution in [2.75, 3.05) is 19.0 Å². The first-order chi connectivity index (χ1) is 15.5. The van der Waals surface area contributed by atoms with Crippen molar-refractivity contribution in [3.05, 3.63) is 108 Å². The van der Waals surface area contributed by atoms with Crippen LogP contribution in [0.3, 0.4) is 0 Å². The van der Waals surface area contributed by atoms with Crippen LogP contribution in [-0.2, 0) is 0 Å². The predicted molar refractivity (Wildman–Crippen MR) is 132 cm³/mol. The lowest BCUT2D eigenvalue weighted by Gasteiger charge is -2.13. The Labute approximate surface area is 188 Å². The van der Waals surface area contributed by atoms with E-state index in [2.05, 4.69) is 46.3 Å². The molecular formula is C27H26N4O. The third-order valence-electron chi connectivity index (χ3n) is 5.32. The van der Waals surface area contributed by atoms with Gasteiger partial charge in [-0.2, -0.15) is 5.10 Å². The number of aromatic nitrogens is 1. The maximum absolute atomic E-state index is 12.5. The summed E-state index contributed by atoms with van der Waals surface area (Å²) in [4.78, 5) is 14.5. The van der Waals surface area contributed by atoms with Crippen molar-refractivity contribution in [1.29, 1.82) is 0 Å². The molecule has 32 heavy (non-hydrogen) atoms. The smallest absolute Gasteiger partial charge is 0.271 e. The number of rotatable bonds is 6. The van der Waals surface area contributed by atoms with E-state index in [9.17, 15) is 4.79 Å². The molecule has 1 N–H and O–H groups in total. The number of aryl methyl sites for hydroxylation is 1. The van der Waals surface area contributed by atoms with Crippen molar-refractivity contribution in [2.24, 2.45) is 5.10 Å². The summed E-state index contributed by atoms with van der Waals surface area (Å²) in [5, 5.41) is 4.09. The van der Waals surface area contributed by atoms with Gasteiger partial charge in [0.15, 0.2) is 0 Å². The highest BCUT2D eigenvalue weighted by Gasteiger charge is 2.10. The molecule has 0 spiro atoms. The highest BCUT2D eigenvalue weighted by molar-refractivity contribution is 5.95. The molecule has 0 saturated carbocycles. The van der Waals surface area contributed by atoms with Gasteiger partial charge in [0, 0.05) is 36.7 Å². The van der Waals surface area contributed by atoms with Crippen LogP contribution in [0.15, 0.2) is 96.1 Å². The molecule has 5 heteroatoms. The number of amides is 1. The molecule has 3 aromatic carbocycles. The zero-order chi connectivity index (χ0) is 22.5. The minimum atomic E-state index is -0.245. The minimum absolute atomic E-state index is 0.245. The fourth-order valence-electron chi connectivity index (χ4n) is 3.57. The normalized spacial score (nSPS) is 11.0. The van der Waals surface area contributed by atoms with Crippen LogP contribution in [0.4, 0.5) is 5.69 Å². The quantitative estimate of drug-likeness (QED) is 0.339. The summed E-state index contributed by atoms with van der Waals surface area (Å²) in [6.07, 6.45) is 1.64. The predicted octanol–water partition coefficient (Wildman–Crippen LogP) is 5.28. The number of carbonyl (C=O) groups excluding carboxylic acids is 1. The summed E-state index contributed by atoms with van der Waals surface area (Å²) < 4.78 is 2.19. The molecule has 0 unspecified atom stereocenters. The number of benzene rings is 3. The molecule has 1 heterocycles. The standard InChI is InChI=1S/C27H26N4O/c1-20-9-18-26(22-7-5-4-6-8-22)31(20)25-16-12-23(13-17-25)27(32)29-28-19-21-10-14-24(15-11-21)30(2)3/h4-19H,1-3H3,(H,29,32)/b28-19+. The third-order valence-corrected chi connectivity index (χ3v) is 5.32. The van der Waals surface area contributed by atoms with E-state index < -0.39 is 0 Å². The topological polar surface area (TPSA) is 49.6 Å². The van der Waals surface area contributed by atoms with Gasteiger partial charge in [-0.05, 0) is 66.6 Å². The second-order valence-corrected chi connectivity index (χ2v) is 7.79. The van der Waals surface area contributed by atoms with Crippen LogP contribution >= 0.6 is 0 Å². The first-order valence-electron chi connectivity index (χ1n) is 10.5. The number of anilines is 1. The summed E-state index contributed by atoms with van der Waals surface area (Å²) >= 11 is 0. The zero-order valence-electron chi connectivity index (χ0n) is 18.5. The molecular weight excluding hydrogens is 396 g/mol. The van der Waals surface area contributed by atoms with Crippen LogP contribution in [0.25, 0.3) is 16.9 Å². The number of hydrazone groups is 1. The molecule has 0 bridgehead atoms. The van der Waals surface area contributed by atoms with E-state index in [4.69, 9.17) is 0 Å². The molecule has 0 radical (unpaired) electrons. The number of nitrogens with one attached hydrogen (secondary N) is 1. The molecule has 0 fully saturated rings. The van der Waals surface area contributed by atoms with Gasteiger partial charge in [-0.25, -0.2) is 5.43 Å². The van der Waals surface area contributed by atoms with Crippen molar-refractivity contribution < 1.29 is 4.79 Å². The lowest BCUT2D eigenvalue weighted by atomic mass is 10.1. The van der Waals surface area contributed by atoms with Crippen molar-refractivity contribution >= 4 is 17.8 Å². The van der Waals surface area contributed by atoms with Crippen molar-refractivity contribution in [3.63, 3.8) is 0 Å². The average Bonchev–Trinajstić information content (AvgIpc) is 3.21. The van der Waals surface area contributed by atoms with Gasteiger partial charge in [-0.3, -0.25) is 4.79 Å². The van der Waals surface area contributed by atoms with Crippen molar-refractivity contribution in [2.45, 2.75) is 6.92 Å². The molecule has 5 nitrogen and oxygen atoms in total. The van der Waals surface area contributed by atoms with Crippen LogP contribution in [0.2, 0.25) is 0 Å². The van der Waals surface area contributed by atoms with E-state index in [1.807, 2.05) is 85.7 Å². The Hall–Kier alpha value is -4.12. The lowest BCUT2D eigenvalue weighted by Crippen LogP contribution is -2.17. The van der Waals surface area contributed by atoms with Gasteiger partial charge in [0.25, 0.3) is 5.91 Å². The molecule has 1 amide bonds. The summed E-state index contributed by atoms with van der Waals surface area (Å²) in [5.41, 5.74) is 9.59. The van der Waals surface area contributed by atoms with E-state index in [0.29, 0.717) is 5.56 Å². The largest absolute Gasteiger partial charge is 0.378 e. The van der Waals surface area contributed by atoms with E-state index in [0.717, 1.165) is 33.9 Å². The van der Waals surface area contributed by atoms with E-state index in [-0.39, 0.29) is 5.91 Å². The van der Waals surface area contributed by atoms with Crippen LogP contribution in [0, 0.1) is 6.92 Å². The molecule has 4 rings (SSSR count). The summed E-state index contributed by atoms with van der Waals surface area (Å²) in [6.45, 7) is 2.08. The second kappa shape index (κ2) is 9.35. The fraction of sp³-hybridized carbons (Fsp3) is 0.111. The third kappa shape index (κ3) is 4.62. The van der Waals surface area contributed by atoms with E-state index in [1.54, 1.807) is 6.21 Å². The van der Waals surface area contributed by atoms with Gasteiger partial charge in [0.2, 0.25) is 0 Å². The Balaban J connectivity index is 1.46. The maximum atomic E-state index is 12.5. The summed E-state index contributed by atoms with van der Waals surface area (Å²) in [7, 11) is 3.99. The van der Waals surface area contributed by atoms with Crippen molar-refractivity contribution in [3.8, 4) is 16.9 Å². The van der Waals surface area contributed by atoms with Crippen LogP contribution < -0.4 is 10.3 Å². The van der Waals surface area contributed by atoms with E-state index in [1.165, 1.54) is 0 Å². The Kier molecular flexibility index (Phi) is 6.17. The van der Waals surface area contributed by atoms with Gasteiger partial charge in [0.1, 0.15) is 0 Å². The number of hydrogen-bond donors (Lipinski definition) is 1. The van der Waals surface area contributed by atoms with Gasteiger partial charge in [-0.1, -0.05) is 42.5 Å². The molecule has 0 aliphatic heterocycles. The van der Waals surface area contributed by atoms with Gasteiger partial charge in [0.05, 0.1) is 11.9 Å². The van der Waals surface area contributed by atoms with Crippen LogP contribution in [0.5, 0.6) is 0 Å². The first-order valence-corrected chi connectivity index (χ1v) is 10.5. The Morgan fingerprint density at radius 2 is 1.56 bits per heavy atom. The molecule has 160 valence electrons. The Morgan fingerprint density at radius 1 is 0.875 bits per heavy atom. The number of nitrogens with zero attached hydrogens (tertiary/aromatic N) is 3. The number of hydrogen-bond acceptors (Lipinski definition) is 3. The van der Waals surface area contributed by atoms with Crippen LogP contribution in [-0.4, -0.2) is 30.8 Å². The molecule has 0 aliphatic carbocycles. The van der Waals surface area contributed by atoms with E-state index >= 15 is 0 Å². The van der Waals surface area contributed by atoms with Gasteiger partial charge >= 0.3 is 0 Å². The molecule has 4 aromatic rings. The number of carbonyl (C=O) groups is 1. The average molecular weight is 423 g/mol.